The van der Waals surface area contributed by atoms with Crippen LogP contribution in [0.2, 0.25) is 0 Å². The van der Waals surface area contributed by atoms with Crippen molar-refractivity contribution < 1.29 is 24.5 Å². The Kier molecular flexibility index (Phi) is 4.13. The van der Waals surface area contributed by atoms with Crippen LogP contribution in [0.5, 0.6) is 11.5 Å². The second kappa shape index (κ2) is 6.81. The van der Waals surface area contributed by atoms with Crippen LogP contribution in [0.1, 0.15) is 53.6 Å². The lowest BCUT2D eigenvalue weighted by atomic mass is 9.48. The summed E-state index contributed by atoms with van der Waals surface area (Å²) in [6.07, 6.45) is 3.97. The molecule has 2 aromatic carbocycles. The normalized spacial score (nSPS) is 36.1. The number of rotatable bonds is 4. The van der Waals surface area contributed by atoms with Crippen molar-refractivity contribution in [3.63, 3.8) is 0 Å². The van der Waals surface area contributed by atoms with Gasteiger partial charge in [0.2, 0.25) is 0 Å². The average Bonchev–Trinajstić information content (AvgIpc) is 3.56. The van der Waals surface area contributed by atoms with E-state index in [0.29, 0.717) is 29.9 Å². The van der Waals surface area contributed by atoms with Crippen molar-refractivity contribution in [2.75, 3.05) is 13.1 Å². The maximum absolute atomic E-state index is 12.8. The van der Waals surface area contributed by atoms with E-state index < -0.39 is 29.2 Å². The monoisotopic (exact) mass is 447 g/mol. The molecule has 6 heteroatoms. The second-order valence-electron chi connectivity index (χ2n) is 10.6. The van der Waals surface area contributed by atoms with Crippen molar-refractivity contribution in [1.82, 2.24) is 4.90 Å². The van der Waals surface area contributed by atoms with Gasteiger partial charge in [-0.15, -0.1) is 0 Å². The Morgan fingerprint density at radius 2 is 1.94 bits per heavy atom. The predicted molar refractivity (Wildman–Crippen MR) is 121 cm³/mol. The van der Waals surface area contributed by atoms with Gasteiger partial charge in [0.15, 0.2) is 11.5 Å². The Morgan fingerprint density at radius 1 is 1.12 bits per heavy atom. The highest BCUT2D eigenvalue weighted by Gasteiger charge is 2.73. The molecule has 1 spiro atoms. The van der Waals surface area contributed by atoms with Crippen LogP contribution in [0.3, 0.4) is 0 Å². The molecule has 0 amide bonds. The van der Waals surface area contributed by atoms with Crippen molar-refractivity contribution >= 4 is 5.97 Å². The van der Waals surface area contributed by atoms with E-state index in [9.17, 15) is 15.0 Å². The summed E-state index contributed by atoms with van der Waals surface area (Å²) in [5.41, 5.74) is 0.976. The first-order chi connectivity index (χ1) is 16.0. The molecular weight excluding hydrogens is 418 g/mol. The van der Waals surface area contributed by atoms with Gasteiger partial charge in [0.25, 0.3) is 0 Å². The van der Waals surface area contributed by atoms with E-state index in [1.807, 2.05) is 18.2 Å². The number of piperidine rings is 1. The van der Waals surface area contributed by atoms with Crippen LogP contribution in [0.15, 0.2) is 42.5 Å². The van der Waals surface area contributed by atoms with Gasteiger partial charge < -0.3 is 19.7 Å². The number of likely N-dealkylation sites (tertiary alicyclic amines) is 1. The number of hydrogen-bond donors (Lipinski definition) is 2. The van der Waals surface area contributed by atoms with Gasteiger partial charge in [0.05, 0.1) is 22.7 Å². The fraction of sp³-hybridized carbons (Fsp3) is 0.519. The summed E-state index contributed by atoms with van der Waals surface area (Å²) in [5, 5.41) is 23.4. The Labute approximate surface area is 193 Å². The Balaban J connectivity index is 1.33. The molecule has 2 bridgehead atoms. The molecule has 0 unspecified atom stereocenters. The van der Waals surface area contributed by atoms with Gasteiger partial charge >= 0.3 is 5.97 Å². The summed E-state index contributed by atoms with van der Waals surface area (Å²) in [6.45, 7) is 1.94. The van der Waals surface area contributed by atoms with E-state index in [0.717, 1.165) is 43.0 Å². The first-order valence-corrected chi connectivity index (χ1v) is 12.3. The maximum atomic E-state index is 12.8. The van der Waals surface area contributed by atoms with Crippen LogP contribution in [0.25, 0.3) is 0 Å². The lowest BCUT2D eigenvalue weighted by molar-refractivity contribution is -0.208. The summed E-state index contributed by atoms with van der Waals surface area (Å²) in [6, 6.07) is 12.8. The second-order valence-corrected chi connectivity index (χ2v) is 10.6. The number of aliphatic hydroxyl groups is 2. The smallest absolute Gasteiger partial charge is 0.343 e. The number of aliphatic hydroxyl groups excluding tert-OH is 1. The third-order valence-electron chi connectivity index (χ3n) is 8.93. The molecule has 33 heavy (non-hydrogen) atoms. The number of carbonyl (C=O) groups is 1. The molecule has 6 nitrogen and oxygen atoms in total. The fourth-order valence-corrected chi connectivity index (χ4v) is 7.26. The standard InChI is InChI=1S/C27H29NO5/c29-19-10-11-27(31)21-14-18-8-9-20(32-25(30)17-4-2-1-3-5-17)23-22(18)26(27,24(19)33-23)12-13-28(21)15-16-6-7-16/h1-5,8-9,16,19,21,24,29,31H,6-7,10-15H2/t19-,21+,24-,26-,27+/m0/s1. The first kappa shape index (κ1) is 20.0. The molecule has 7 rings (SSSR count). The van der Waals surface area contributed by atoms with Crippen LogP contribution in [0.4, 0.5) is 0 Å². The van der Waals surface area contributed by atoms with Gasteiger partial charge in [0, 0.05) is 18.2 Å². The summed E-state index contributed by atoms with van der Waals surface area (Å²) in [5.74, 6) is 1.23. The van der Waals surface area contributed by atoms with Crippen LogP contribution in [0, 0.1) is 5.92 Å². The largest absolute Gasteiger partial charge is 0.482 e. The van der Waals surface area contributed by atoms with E-state index in [4.69, 9.17) is 9.47 Å². The minimum atomic E-state index is -0.954. The minimum absolute atomic E-state index is 0.0293. The molecule has 0 radical (unpaired) electrons. The van der Waals surface area contributed by atoms with Crippen molar-refractivity contribution in [2.24, 2.45) is 5.92 Å². The van der Waals surface area contributed by atoms with E-state index in [2.05, 4.69) is 4.90 Å². The highest BCUT2D eigenvalue weighted by Crippen LogP contribution is 2.65. The van der Waals surface area contributed by atoms with E-state index in [1.54, 1.807) is 24.3 Å². The minimum Gasteiger partial charge on any atom is -0.482 e. The summed E-state index contributed by atoms with van der Waals surface area (Å²) in [7, 11) is 0. The number of esters is 1. The van der Waals surface area contributed by atoms with Crippen molar-refractivity contribution in [3.05, 3.63) is 59.2 Å². The van der Waals surface area contributed by atoms with Crippen molar-refractivity contribution in [3.8, 4) is 11.5 Å². The van der Waals surface area contributed by atoms with Crippen LogP contribution >= 0.6 is 0 Å². The predicted octanol–water partition coefficient (Wildman–Crippen LogP) is 2.83. The number of hydrogen-bond acceptors (Lipinski definition) is 6. The zero-order chi connectivity index (χ0) is 22.4. The fourth-order valence-electron chi connectivity index (χ4n) is 7.26. The molecule has 3 fully saturated rings. The molecule has 1 saturated heterocycles. The number of ether oxygens (including phenoxy) is 2. The molecule has 0 aromatic heterocycles. The van der Waals surface area contributed by atoms with Gasteiger partial charge in [-0.2, -0.15) is 0 Å². The van der Waals surface area contributed by atoms with Crippen LogP contribution in [-0.4, -0.2) is 58.0 Å². The van der Waals surface area contributed by atoms with Crippen LogP contribution in [-0.2, 0) is 11.8 Å². The molecule has 2 N–H and O–H groups in total. The topological polar surface area (TPSA) is 79.2 Å². The molecule has 5 aliphatic rings. The van der Waals surface area contributed by atoms with E-state index in [1.165, 1.54) is 12.8 Å². The highest BCUT2D eigenvalue weighted by molar-refractivity contribution is 5.91. The van der Waals surface area contributed by atoms with Gasteiger partial charge in [0.1, 0.15) is 6.10 Å². The number of nitrogens with zero attached hydrogens (tertiary/aromatic N) is 1. The molecule has 172 valence electrons. The molecule has 2 aliphatic heterocycles. The lowest BCUT2D eigenvalue weighted by Gasteiger charge is -2.63. The SMILES string of the molecule is O=C(Oc1ccc2c3c1O[C@H]1[C@@H](O)CC[C@@]4(O)[C@@H](C2)N(CC2CC2)CC[C@]314)c1ccccc1. The zero-order valence-electron chi connectivity index (χ0n) is 18.6. The average molecular weight is 448 g/mol. The third kappa shape index (κ3) is 2.63. The molecule has 2 heterocycles. The van der Waals surface area contributed by atoms with Gasteiger partial charge in [-0.3, -0.25) is 4.90 Å². The summed E-state index contributed by atoms with van der Waals surface area (Å²) < 4.78 is 12.3. The molecule has 2 saturated carbocycles. The molecular formula is C27H29NO5. The highest BCUT2D eigenvalue weighted by atomic mass is 16.6. The number of benzene rings is 2. The zero-order valence-corrected chi connectivity index (χ0v) is 18.6. The Hall–Kier alpha value is -2.41. The lowest BCUT2D eigenvalue weighted by Crippen LogP contribution is -2.77. The van der Waals surface area contributed by atoms with Crippen molar-refractivity contribution in [2.45, 2.75) is 67.8 Å². The van der Waals surface area contributed by atoms with Crippen molar-refractivity contribution in [1.29, 1.82) is 0 Å². The maximum Gasteiger partial charge on any atom is 0.343 e. The Morgan fingerprint density at radius 3 is 2.73 bits per heavy atom. The summed E-state index contributed by atoms with van der Waals surface area (Å²) >= 11 is 0. The first-order valence-electron chi connectivity index (χ1n) is 12.3. The van der Waals surface area contributed by atoms with Crippen LogP contribution < -0.4 is 9.47 Å². The van der Waals surface area contributed by atoms with Gasteiger partial charge in [-0.05, 0) is 74.8 Å². The number of carbonyl (C=O) groups excluding carboxylic acids is 1. The van der Waals surface area contributed by atoms with Gasteiger partial charge in [-0.25, -0.2) is 4.79 Å². The molecule has 5 atom stereocenters. The van der Waals surface area contributed by atoms with E-state index in [-0.39, 0.29) is 6.04 Å². The third-order valence-corrected chi connectivity index (χ3v) is 8.93. The summed E-state index contributed by atoms with van der Waals surface area (Å²) in [4.78, 5) is 15.3. The Bertz CT molecular complexity index is 1130. The quantitative estimate of drug-likeness (QED) is 0.554. The van der Waals surface area contributed by atoms with Gasteiger partial charge in [-0.1, -0.05) is 24.3 Å². The molecule has 2 aromatic rings. The molecule has 3 aliphatic carbocycles. The van der Waals surface area contributed by atoms with E-state index >= 15 is 0 Å².